The smallest absolute Gasteiger partial charge is 0.340 e. The predicted molar refractivity (Wildman–Crippen MR) is 93.1 cm³/mol. The number of aliphatic hydroxyl groups is 1. The number of esters is 1. The zero-order valence-electron chi connectivity index (χ0n) is 13.4. The summed E-state index contributed by atoms with van der Waals surface area (Å²) in [6.45, 7) is -0.518. The van der Waals surface area contributed by atoms with Crippen LogP contribution in [0.4, 0.5) is 0 Å². The Kier molecular flexibility index (Phi) is 4.95. The minimum atomic E-state index is -0.977. The Morgan fingerprint density at radius 1 is 1.35 bits per heavy atom. The molecule has 0 saturated carbocycles. The van der Waals surface area contributed by atoms with Crippen molar-refractivity contribution in [3.05, 3.63) is 73.1 Å². The highest BCUT2D eigenvalue weighted by Gasteiger charge is 2.39. The number of carbonyl (C=O) groups excluding carboxylic acids is 1. The summed E-state index contributed by atoms with van der Waals surface area (Å²) in [5, 5.41) is 9.95. The Bertz CT molecular complexity index is 982. The molecule has 2 aromatic rings. The summed E-state index contributed by atoms with van der Waals surface area (Å²) in [6.07, 6.45) is 0. The molecular formula is C17H13Cl2NO6. The molecule has 1 aliphatic heterocycles. The van der Waals surface area contributed by atoms with Crippen LogP contribution in [-0.4, -0.2) is 18.2 Å². The van der Waals surface area contributed by atoms with Gasteiger partial charge in [-0.15, -0.1) is 0 Å². The Labute approximate surface area is 157 Å². The molecular weight excluding hydrogens is 385 g/mol. The van der Waals surface area contributed by atoms with Crippen LogP contribution in [0.1, 0.15) is 23.0 Å². The van der Waals surface area contributed by atoms with Crippen LogP contribution in [0.2, 0.25) is 10.0 Å². The van der Waals surface area contributed by atoms with Gasteiger partial charge in [-0.25, -0.2) is 4.79 Å². The number of methoxy groups -OCH3 is 1. The maximum absolute atomic E-state index is 12.3. The molecule has 3 rings (SSSR count). The van der Waals surface area contributed by atoms with Crippen molar-refractivity contribution < 1.29 is 23.8 Å². The number of benzene rings is 1. The van der Waals surface area contributed by atoms with Gasteiger partial charge in [0.25, 0.3) is 0 Å². The highest BCUT2D eigenvalue weighted by Crippen LogP contribution is 2.44. The summed E-state index contributed by atoms with van der Waals surface area (Å²) < 4.78 is 15.7. The second-order valence-electron chi connectivity index (χ2n) is 5.40. The van der Waals surface area contributed by atoms with Gasteiger partial charge in [-0.05, 0) is 17.7 Å². The Morgan fingerprint density at radius 3 is 2.69 bits per heavy atom. The number of rotatable bonds is 3. The standard InChI is InChI=1S/C17H13Cl2NO6/c1-24-17(23)13-12(9-3-2-7(18)4-10(9)19)15-14(26-16(13)20)11(22)5-8(6-21)25-15/h2-5,12,21H,6,20H2,1H3/t12-/m1/s1. The highest BCUT2D eigenvalue weighted by atomic mass is 35.5. The fourth-order valence-electron chi connectivity index (χ4n) is 2.72. The van der Waals surface area contributed by atoms with E-state index in [1.54, 1.807) is 12.1 Å². The van der Waals surface area contributed by atoms with Crippen LogP contribution >= 0.6 is 23.2 Å². The van der Waals surface area contributed by atoms with Gasteiger partial charge < -0.3 is 24.7 Å². The van der Waals surface area contributed by atoms with Crippen molar-refractivity contribution in [3.63, 3.8) is 0 Å². The maximum atomic E-state index is 12.3. The predicted octanol–water partition coefficient (Wildman–Crippen LogP) is 2.31. The van der Waals surface area contributed by atoms with E-state index in [-0.39, 0.29) is 33.7 Å². The number of hydrogen-bond donors (Lipinski definition) is 2. The molecule has 9 heteroatoms. The number of ether oxygens (including phenoxy) is 2. The fraction of sp³-hybridized carbons (Fsp3) is 0.176. The second kappa shape index (κ2) is 7.03. The summed E-state index contributed by atoms with van der Waals surface area (Å²) in [4.78, 5) is 24.6. The van der Waals surface area contributed by atoms with E-state index in [1.165, 1.54) is 13.2 Å². The van der Waals surface area contributed by atoms with Crippen LogP contribution in [-0.2, 0) is 16.1 Å². The lowest BCUT2D eigenvalue weighted by Crippen LogP contribution is -2.29. The fourth-order valence-corrected chi connectivity index (χ4v) is 3.24. The molecule has 7 nitrogen and oxygen atoms in total. The van der Waals surface area contributed by atoms with Crippen LogP contribution in [0.3, 0.4) is 0 Å². The molecule has 3 N–H and O–H groups in total. The average molecular weight is 398 g/mol. The number of halogens is 2. The van der Waals surface area contributed by atoms with Crippen molar-refractivity contribution in [3.8, 4) is 5.75 Å². The molecule has 0 amide bonds. The van der Waals surface area contributed by atoms with E-state index in [1.807, 2.05) is 0 Å². The van der Waals surface area contributed by atoms with E-state index >= 15 is 0 Å². The van der Waals surface area contributed by atoms with E-state index in [2.05, 4.69) is 0 Å². The van der Waals surface area contributed by atoms with Crippen LogP contribution in [0.5, 0.6) is 5.75 Å². The maximum Gasteiger partial charge on any atom is 0.340 e. The molecule has 136 valence electrons. The topological polar surface area (TPSA) is 112 Å². The van der Waals surface area contributed by atoms with Gasteiger partial charge in [0.05, 0.1) is 13.0 Å². The van der Waals surface area contributed by atoms with Gasteiger partial charge in [-0.1, -0.05) is 29.3 Å². The Balaban J connectivity index is 2.34. The largest absolute Gasteiger partial charge is 0.465 e. The van der Waals surface area contributed by atoms with Crippen LogP contribution < -0.4 is 15.9 Å². The second-order valence-corrected chi connectivity index (χ2v) is 6.24. The summed E-state index contributed by atoms with van der Waals surface area (Å²) >= 11 is 12.2. The van der Waals surface area contributed by atoms with E-state index < -0.39 is 23.9 Å². The van der Waals surface area contributed by atoms with Gasteiger partial charge in [0, 0.05) is 16.1 Å². The quantitative estimate of drug-likeness (QED) is 0.763. The van der Waals surface area contributed by atoms with Crippen molar-refractivity contribution in [2.24, 2.45) is 5.73 Å². The van der Waals surface area contributed by atoms with Crippen molar-refractivity contribution in [2.75, 3.05) is 7.11 Å². The van der Waals surface area contributed by atoms with Gasteiger partial charge in [0.2, 0.25) is 17.1 Å². The summed E-state index contributed by atoms with van der Waals surface area (Å²) in [5.41, 5.74) is 5.64. The normalized spacial score (nSPS) is 16.1. The first-order valence-corrected chi connectivity index (χ1v) is 8.11. The average Bonchev–Trinajstić information content (AvgIpc) is 2.61. The third-order valence-corrected chi connectivity index (χ3v) is 4.41. The lowest BCUT2D eigenvalue weighted by molar-refractivity contribution is -0.136. The van der Waals surface area contributed by atoms with Crippen molar-refractivity contribution in [1.29, 1.82) is 0 Å². The molecule has 0 radical (unpaired) electrons. The summed E-state index contributed by atoms with van der Waals surface area (Å²) in [6, 6.07) is 5.70. The molecule has 1 aromatic carbocycles. The third kappa shape index (κ3) is 3.05. The minimum Gasteiger partial charge on any atom is -0.465 e. The molecule has 1 atom stereocenters. The number of aliphatic hydroxyl groups excluding tert-OH is 1. The zero-order chi connectivity index (χ0) is 19.0. The molecule has 0 bridgehead atoms. The molecule has 1 aliphatic rings. The molecule has 0 aliphatic carbocycles. The molecule has 26 heavy (non-hydrogen) atoms. The Morgan fingerprint density at radius 2 is 2.08 bits per heavy atom. The van der Waals surface area contributed by atoms with Gasteiger partial charge in [0.15, 0.2) is 5.76 Å². The van der Waals surface area contributed by atoms with Crippen LogP contribution in [0, 0.1) is 0 Å². The third-order valence-electron chi connectivity index (χ3n) is 3.84. The van der Waals surface area contributed by atoms with Crippen molar-refractivity contribution in [1.82, 2.24) is 0 Å². The first kappa shape index (κ1) is 18.3. The van der Waals surface area contributed by atoms with E-state index in [4.69, 9.17) is 42.8 Å². The number of fused-ring (bicyclic) bond motifs is 1. The minimum absolute atomic E-state index is 0.00266. The van der Waals surface area contributed by atoms with Gasteiger partial charge in [-0.3, -0.25) is 4.79 Å². The zero-order valence-corrected chi connectivity index (χ0v) is 14.9. The first-order chi connectivity index (χ1) is 12.4. The van der Waals surface area contributed by atoms with Crippen molar-refractivity contribution >= 4 is 29.2 Å². The number of nitrogens with two attached hydrogens (primary N) is 1. The molecule has 0 spiro atoms. The molecule has 0 unspecified atom stereocenters. The van der Waals surface area contributed by atoms with Gasteiger partial charge in [0.1, 0.15) is 17.9 Å². The van der Waals surface area contributed by atoms with Gasteiger partial charge >= 0.3 is 5.97 Å². The molecule has 0 fully saturated rings. The molecule has 1 aromatic heterocycles. The highest BCUT2D eigenvalue weighted by molar-refractivity contribution is 6.35. The SMILES string of the molecule is COC(=O)C1=C(N)Oc2c(oc(CO)cc2=O)[C@@H]1c1ccc(Cl)cc1Cl. The van der Waals surface area contributed by atoms with Gasteiger partial charge in [-0.2, -0.15) is 0 Å². The molecule has 2 heterocycles. The summed E-state index contributed by atoms with van der Waals surface area (Å²) in [7, 11) is 1.18. The number of carbonyl (C=O) groups is 1. The van der Waals surface area contributed by atoms with Crippen LogP contribution in [0.25, 0.3) is 0 Å². The lowest BCUT2D eigenvalue weighted by Gasteiger charge is -2.27. The Hall–Kier alpha value is -2.48. The van der Waals surface area contributed by atoms with E-state index in [9.17, 15) is 14.7 Å². The summed E-state index contributed by atoms with van der Waals surface area (Å²) in [5.74, 6) is -2.26. The van der Waals surface area contributed by atoms with Crippen molar-refractivity contribution in [2.45, 2.75) is 12.5 Å². The monoisotopic (exact) mass is 397 g/mol. The first-order valence-electron chi connectivity index (χ1n) is 7.35. The van der Waals surface area contributed by atoms with E-state index in [0.29, 0.717) is 10.6 Å². The lowest BCUT2D eigenvalue weighted by atomic mass is 9.86. The molecule has 0 saturated heterocycles. The van der Waals surface area contributed by atoms with Crippen LogP contribution in [0.15, 0.2) is 44.9 Å². The number of hydrogen-bond acceptors (Lipinski definition) is 7. The van der Waals surface area contributed by atoms with E-state index in [0.717, 1.165) is 6.07 Å².